The second kappa shape index (κ2) is 7.80. The number of amides is 1. The Hall–Kier alpha value is -1.07. The molecule has 0 aliphatic heterocycles. The molecule has 0 spiro atoms. The average molecular weight is 344 g/mol. The molecule has 0 saturated carbocycles. The summed E-state index contributed by atoms with van der Waals surface area (Å²) in [5.41, 5.74) is 0.595. The number of carbonyl (C=O) groups excluding carboxylic acids is 1. The van der Waals surface area contributed by atoms with Crippen molar-refractivity contribution in [3.05, 3.63) is 50.6 Å². The maximum atomic E-state index is 12.1. The number of anilines is 1. The molecule has 21 heavy (non-hydrogen) atoms. The number of likely N-dealkylation sites (N-methyl/N-ethyl adjacent to an activating group) is 1. The summed E-state index contributed by atoms with van der Waals surface area (Å²) in [6.45, 7) is 4.23. The first-order valence-electron chi connectivity index (χ1n) is 6.69. The van der Waals surface area contributed by atoms with Crippen LogP contribution in [0.3, 0.4) is 0 Å². The highest BCUT2D eigenvalue weighted by atomic mass is 35.5. The molecular formula is C15H17Cl2N2OS+. The van der Waals surface area contributed by atoms with Gasteiger partial charge in [-0.25, -0.2) is 0 Å². The van der Waals surface area contributed by atoms with Crippen LogP contribution in [0.2, 0.25) is 10.0 Å². The number of quaternary nitrogens is 1. The van der Waals surface area contributed by atoms with Crippen LogP contribution in [0, 0.1) is 0 Å². The van der Waals surface area contributed by atoms with Crippen LogP contribution in [0.25, 0.3) is 0 Å². The summed E-state index contributed by atoms with van der Waals surface area (Å²) in [7, 11) is 0. The summed E-state index contributed by atoms with van der Waals surface area (Å²) >= 11 is 13.6. The number of hydrogen-bond donors (Lipinski definition) is 2. The van der Waals surface area contributed by atoms with Gasteiger partial charge in [0.25, 0.3) is 5.91 Å². The van der Waals surface area contributed by atoms with Crippen LogP contribution in [0.4, 0.5) is 5.69 Å². The molecule has 2 N–H and O–H groups in total. The van der Waals surface area contributed by atoms with Crippen molar-refractivity contribution >= 4 is 46.1 Å². The lowest BCUT2D eigenvalue weighted by Gasteiger charge is -2.16. The van der Waals surface area contributed by atoms with Crippen molar-refractivity contribution in [1.29, 1.82) is 0 Å². The van der Waals surface area contributed by atoms with Crippen LogP contribution in [-0.2, 0) is 11.3 Å². The number of hydrogen-bond acceptors (Lipinski definition) is 2. The van der Waals surface area contributed by atoms with Crippen molar-refractivity contribution in [2.24, 2.45) is 0 Å². The van der Waals surface area contributed by atoms with Gasteiger partial charge in [-0.2, -0.15) is 0 Å². The third kappa shape index (κ3) is 5.00. The highest BCUT2D eigenvalue weighted by Crippen LogP contribution is 2.25. The molecule has 2 aromatic rings. The summed E-state index contributed by atoms with van der Waals surface area (Å²) < 4.78 is 0. The predicted molar refractivity (Wildman–Crippen MR) is 89.5 cm³/mol. The third-order valence-corrected chi connectivity index (χ3v) is 4.54. The Morgan fingerprint density at radius 3 is 2.76 bits per heavy atom. The van der Waals surface area contributed by atoms with Gasteiger partial charge in [-0.3, -0.25) is 4.79 Å². The molecular weight excluding hydrogens is 327 g/mol. The normalized spacial score (nSPS) is 12.1. The molecule has 0 aliphatic carbocycles. The summed E-state index contributed by atoms with van der Waals surface area (Å²) in [5.74, 6) is -0.0485. The van der Waals surface area contributed by atoms with Crippen molar-refractivity contribution in [2.75, 3.05) is 18.4 Å². The summed E-state index contributed by atoms with van der Waals surface area (Å²) in [6, 6.07) is 9.16. The highest BCUT2D eigenvalue weighted by molar-refractivity contribution is 7.09. The lowest BCUT2D eigenvalue weighted by molar-refractivity contribution is -0.903. The molecule has 6 heteroatoms. The van der Waals surface area contributed by atoms with Gasteiger partial charge in [-0.1, -0.05) is 29.3 Å². The number of rotatable bonds is 6. The van der Waals surface area contributed by atoms with E-state index < -0.39 is 0 Å². The maximum Gasteiger partial charge on any atom is 0.279 e. The zero-order chi connectivity index (χ0) is 15.2. The van der Waals surface area contributed by atoms with E-state index in [0.717, 1.165) is 13.1 Å². The SMILES string of the molecule is CC[NH+](CC(=O)Nc1ccc(Cl)cc1Cl)Cc1cccs1. The van der Waals surface area contributed by atoms with Crippen LogP contribution < -0.4 is 10.2 Å². The van der Waals surface area contributed by atoms with Gasteiger partial charge in [-0.15, -0.1) is 11.3 Å². The molecule has 1 heterocycles. The van der Waals surface area contributed by atoms with E-state index >= 15 is 0 Å². The first-order valence-corrected chi connectivity index (χ1v) is 8.33. The van der Waals surface area contributed by atoms with Gasteiger partial charge < -0.3 is 10.2 Å². The molecule has 0 aliphatic rings. The first-order chi connectivity index (χ1) is 10.1. The minimum absolute atomic E-state index is 0.0485. The van der Waals surface area contributed by atoms with Gasteiger partial charge in [0.2, 0.25) is 0 Å². The van der Waals surface area contributed by atoms with E-state index in [2.05, 4.69) is 23.7 Å². The molecule has 3 nitrogen and oxygen atoms in total. The molecule has 0 fully saturated rings. The molecule has 1 amide bonds. The van der Waals surface area contributed by atoms with E-state index in [-0.39, 0.29) is 5.91 Å². The third-order valence-electron chi connectivity index (χ3n) is 3.12. The van der Waals surface area contributed by atoms with Crippen LogP contribution in [0.5, 0.6) is 0 Å². The van der Waals surface area contributed by atoms with E-state index in [1.807, 2.05) is 6.07 Å². The lowest BCUT2D eigenvalue weighted by Crippen LogP contribution is -3.11. The maximum absolute atomic E-state index is 12.1. The van der Waals surface area contributed by atoms with Crippen molar-refractivity contribution in [3.8, 4) is 0 Å². The predicted octanol–water partition coefficient (Wildman–Crippen LogP) is 3.10. The fourth-order valence-corrected chi connectivity index (χ4v) is 3.22. The smallest absolute Gasteiger partial charge is 0.279 e. The minimum Gasteiger partial charge on any atom is -0.323 e. The minimum atomic E-state index is -0.0485. The Bertz CT molecular complexity index is 602. The van der Waals surface area contributed by atoms with E-state index in [9.17, 15) is 4.79 Å². The van der Waals surface area contributed by atoms with Crippen LogP contribution in [-0.4, -0.2) is 19.0 Å². The second-order valence-electron chi connectivity index (χ2n) is 4.71. The molecule has 112 valence electrons. The van der Waals surface area contributed by atoms with Gasteiger partial charge in [0.05, 0.1) is 22.1 Å². The summed E-state index contributed by atoms with van der Waals surface area (Å²) in [6.07, 6.45) is 0. The number of benzene rings is 1. The Labute approximate surface area is 138 Å². The Balaban J connectivity index is 1.93. The van der Waals surface area contributed by atoms with E-state index in [0.29, 0.717) is 22.3 Å². The van der Waals surface area contributed by atoms with Crippen LogP contribution >= 0.6 is 34.5 Å². The largest absolute Gasteiger partial charge is 0.323 e. The van der Waals surface area contributed by atoms with Crippen LogP contribution in [0.1, 0.15) is 11.8 Å². The summed E-state index contributed by atoms with van der Waals surface area (Å²) in [5, 5.41) is 5.89. The molecule has 1 aromatic heterocycles. The van der Waals surface area contributed by atoms with Crippen molar-refractivity contribution in [1.82, 2.24) is 0 Å². The number of halogens is 2. The standard InChI is InChI=1S/C15H16Cl2N2OS/c1-2-19(9-12-4-3-7-21-12)10-15(20)18-14-6-5-11(16)8-13(14)17/h3-8H,2,9-10H2,1H3,(H,18,20)/p+1. The van der Waals surface area contributed by atoms with E-state index in [1.54, 1.807) is 29.5 Å². The van der Waals surface area contributed by atoms with Crippen molar-refractivity contribution in [2.45, 2.75) is 13.5 Å². The summed E-state index contributed by atoms with van der Waals surface area (Å²) in [4.78, 5) is 14.6. The lowest BCUT2D eigenvalue weighted by atomic mass is 10.3. The zero-order valence-corrected chi connectivity index (χ0v) is 14.0. The fraction of sp³-hybridized carbons (Fsp3) is 0.267. The van der Waals surface area contributed by atoms with Gasteiger partial charge in [0.1, 0.15) is 6.54 Å². The molecule has 1 atom stereocenters. The molecule has 0 bridgehead atoms. The Morgan fingerprint density at radius 2 is 2.14 bits per heavy atom. The highest BCUT2D eigenvalue weighted by Gasteiger charge is 2.15. The monoisotopic (exact) mass is 343 g/mol. The number of carbonyl (C=O) groups is 1. The quantitative estimate of drug-likeness (QED) is 0.830. The Kier molecular flexibility index (Phi) is 6.06. The Morgan fingerprint density at radius 1 is 1.33 bits per heavy atom. The molecule has 2 rings (SSSR count). The fourth-order valence-electron chi connectivity index (χ4n) is 1.98. The second-order valence-corrected chi connectivity index (χ2v) is 6.58. The number of nitrogens with one attached hydrogen (secondary N) is 2. The average Bonchev–Trinajstić information content (AvgIpc) is 2.94. The van der Waals surface area contributed by atoms with Crippen LogP contribution in [0.15, 0.2) is 35.7 Å². The van der Waals surface area contributed by atoms with Gasteiger partial charge in [-0.05, 0) is 36.6 Å². The zero-order valence-electron chi connectivity index (χ0n) is 11.7. The molecule has 1 aromatic carbocycles. The molecule has 1 unspecified atom stereocenters. The molecule has 0 radical (unpaired) electrons. The molecule has 0 saturated heterocycles. The van der Waals surface area contributed by atoms with Gasteiger partial charge in [0.15, 0.2) is 6.54 Å². The van der Waals surface area contributed by atoms with Crippen molar-refractivity contribution < 1.29 is 9.69 Å². The number of thiophene rings is 1. The van der Waals surface area contributed by atoms with E-state index in [1.165, 1.54) is 9.78 Å². The van der Waals surface area contributed by atoms with Gasteiger partial charge in [0, 0.05) is 5.02 Å². The first kappa shape index (κ1) is 16.3. The van der Waals surface area contributed by atoms with Gasteiger partial charge >= 0.3 is 0 Å². The van der Waals surface area contributed by atoms with E-state index in [4.69, 9.17) is 23.2 Å². The van der Waals surface area contributed by atoms with Crippen molar-refractivity contribution in [3.63, 3.8) is 0 Å². The topological polar surface area (TPSA) is 33.5 Å².